The zero-order valence-electron chi connectivity index (χ0n) is 21.2. The molecule has 0 fully saturated rings. The molecular weight excluding hydrogens is 486 g/mol. The summed E-state index contributed by atoms with van der Waals surface area (Å²) in [5.74, 6) is 2.13. The van der Waals surface area contributed by atoms with Crippen LogP contribution in [0.3, 0.4) is 0 Å². The van der Waals surface area contributed by atoms with E-state index in [-0.39, 0.29) is 30.4 Å². The van der Waals surface area contributed by atoms with Crippen LogP contribution in [0.2, 0.25) is 0 Å². The van der Waals surface area contributed by atoms with E-state index >= 15 is 0 Å². The lowest BCUT2D eigenvalue weighted by molar-refractivity contribution is 0.0714. The number of hydrogen-bond acceptors (Lipinski definition) is 7. The number of ether oxygens (including phenoxy) is 4. The fourth-order valence-electron chi connectivity index (χ4n) is 5.01. The molecule has 3 aromatic carbocycles. The summed E-state index contributed by atoms with van der Waals surface area (Å²) in [6.45, 7) is 3.06. The number of fused-ring (bicyclic) bond motifs is 3. The van der Waals surface area contributed by atoms with Gasteiger partial charge in [0, 0.05) is 6.54 Å². The van der Waals surface area contributed by atoms with Crippen LogP contribution < -0.4 is 24.4 Å². The van der Waals surface area contributed by atoms with Crippen molar-refractivity contribution >= 4 is 16.9 Å². The summed E-state index contributed by atoms with van der Waals surface area (Å²) in [6, 6.07) is 17.4. The van der Waals surface area contributed by atoms with E-state index in [2.05, 4.69) is 6.92 Å². The van der Waals surface area contributed by atoms with E-state index in [1.807, 2.05) is 36.4 Å². The molecule has 38 heavy (non-hydrogen) atoms. The number of nitrogens with zero attached hydrogens (tertiary/aromatic N) is 1. The van der Waals surface area contributed by atoms with Crippen molar-refractivity contribution in [1.82, 2.24) is 4.90 Å². The predicted octanol–water partition coefficient (Wildman–Crippen LogP) is 5.45. The quantitative estimate of drug-likeness (QED) is 0.289. The Balaban J connectivity index is 1.47. The molecule has 0 saturated carbocycles. The molecule has 0 aliphatic carbocycles. The highest BCUT2D eigenvalue weighted by atomic mass is 16.7. The molecule has 1 aromatic heterocycles. The molecule has 3 heterocycles. The van der Waals surface area contributed by atoms with Gasteiger partial charge >= 0.3 is 0 Å². The first kappa shape index (κ1) is 23.9. The van der Waals surface area contributed by atoms with Crippen LogP contribution in [0.15, 0.2) is 69.9 Å². The highest BCUT2D eigenvalue weighted by Gasteiger charge is 2.43. The van der Waals surface area contributed by atoms with Gasteiger partial charge in [-0.3, -0.25) is 9.59 Å². The number of rotatable bonds is 8. The second-order valence-corrected chi connectivity index (χ2v) is 9.31. The second-order valence-electron chi connectivity index (χ2n) is 9.31. The molecule has 0 radical (unpaired) electrons. The number of unbranched alkanes of at least 4 members (excludes halogenated alkanes) is 1. The monoisotopic (exact) mass is 513 g/mol. The number of methoxy groups -OCH3 is 1. The largest absolute Gasteiger partial charge is 0.493 e. The minimum absolute atomic E-state index is 0.0571. The van der Waals surface area contributed by atoms with E-state index in [0.717, 1.165) is 24.0 Å². The molecule has 0 spiro atoms. The van der Waals surface area contributed by atoms with E-state index in [1.165, 1.54) is 0 Å². The van der Waals surface area contributed by atoms with E-state index in [9.17, 15) is 9.59 Å². The third-order valence-corrected chi connectivity index (χ3v) is 6.92. The Kier molecular flexibility index (Phi) is 6.15. The summed E-state index contributed by atoms with van der Waals surface area (Å²) in [5, 5.41) is 0.431. The third-order valence-electron chi connectivity index (χ3n) is 6.92. The van der Waals surface area contributed by atoms with Gasteiger partial charge < -0.3 is 28.3 Å². The van der Waals surface area contributed by atoms with Gasteiger partial charge in [-0.1, -0.05) is 37.6 Å². The zero-order chi connectivity index (χ0) is 26.2. The number of para-hydroxylation sites is 1. The Labute approximate surface area is 219 Å². The predicted molar refractivity (Wildman–Crippen MR) is 140 cm³/mol. The summed E-state index contributed by atoms with van der Waals surface area (Å²) >= 11 is 0. The van der Waals surface area contributed by atoms with Crippen molar-refractivity contribution in [3.63, 3.8) is 0 Å². The number of carbonyl (C=O) groups excluding carboxylic acids is 1. The highest BCUT2D eigenvalue weighted by Crippen LogP contribution is 2.42. The SMILES string of the molecule is CCCCOc1ccc(C2c3c(oc4ccccc4c3=O)C(=O)N2Cc2ccc3c(c2)OCO3)cc1OC. The van der Waals surface area contributed by atoms with Gasteiger partial charge in [0.1, 0.15) is 5.58 Å². The molecule has 0 saturated heterocycles. The smallest absolute Gasteiger partial charge is 0.291 e. The van der Waals surface area contributed by atoms with Crippen LogP contribution in [-0.2, 0) is 6.54 Å². The normalized spacial score (nSPS) is 15.7. The first-order chi connectivity index (χ1) is 18.6. The van der Waals surface area contributed by atoms with Crippen LogP contribution in [0.25, 0.3) is 11.0 Å². The summed E-state index contributed by atoms with van der Waals surface area (Å²) in [7, 11) is 1.58. The Morgan fingerprint density at radius 3 is 2.66 bits per heavy atom. The van der Waals surface area contributed by atoms with Gasteiger partial charge in [-0.2, -0.15) is 0 Å². The summed E-state index contributed by atoms with van der Waals surface area (Å²) in [5.41, 5.74) is 2.03. The fraction of sp³-hybridized carbons (Fsp3) is 0.267. The molecule has 4 aromatic rings. The standard InChI is InChI=1S/C30H27NO7/c1-3-4-13-35-22-12-10-19(15-24(22)34-2)27-26-28(32)20-7-5-6-8-21(20)38-29(26)30(33)31(27)16-18-9-11-23-25(14-18)37-17-36-23/h5-12,14-15,27H,3-4,13,16-17H2,1-2H3. The van der Waals surface area contributed by atoms with Gasteiger partial charge in [0.25, 0.3) is 5.91 Å². The summed E-state index contributed by atoms with van der Waals surface area (Å²) < 4.78 is 28.6. The lowest BCUT2D eigenvalue weighted by atomic mass is 9.97. The van der Waals surface area contributed by atoms with Crippen molar-refractivity contribution in [1.29, 1.82) is 0 Å². The minimum Gasteiger partial charge on any atom is -0.493 e. The molecule has 1 amide bonds. The topological polar surface area (TPSA) is 87.4 Å². The van der Waals surface area contributed by atoms with Gasteiger partial charge in [-0.15, -0.1) is 0 Å². The Morgan fingerprint density at radius 2 is 1.82 bits per heavy atom. The van der Waals surface area contributed by atoms with Crippen LogP contribution in [0, 0.1) is 0 Å². The molecule has 0 bridgehead atoms. The average Bonchev–Trinajstić information content (AvgIpc) is 3.52. The van der Waals surface area contributed by atoms with Crippen molar-refractivity contribution in [2.75, 3.05) is 20.5 Å². The molecule has 194 valence electrons. The molecular formula is C30H27NO7. The van der Waals surface area contributed by atoms with Crippen LogP contribution in [-0.4, -0.2) is 31.3 Å². The molecule has 8 heteroatoms. The van der Waals surface area contributed by atoms with Crippen LogP contribution in [0.5, 0.6) is 23.0 Å². The van der Waals surface area contributed by atoms with Crippen LogP contribution in [0.4, 0.5) is 0 Å². The van der Waals surface area contributed by atoms with Crippen molar-refractivity contribution in [2.24, 2.45) is 0 Å². The Bertz CT molecular complexity index is 1590. The van der Waals surface area contributed by atoms with Gasteiger partial charge in [-0.25, -0.2) is 0 Å². The van der Waals surface area contributed by atoms with E-state index in [1.54, 1.807) is 36.3 Å². The lowest BCUT2D eigenvalue weighted by Crippen LogP contribution is -2.29. The minimum atomic E-state index is -0.678. The number of benzene rings is 3. The lowest BCUT2D eigenvalue weighted by Gasteiger charge is -2.26. The van der Waals surface area contributed by atoms with Crippen LogP contribution in [0.1, 0.15) is 53.1 Å². The van der Waals surface area contributed by atoms with Gasteiger partial charge in [0.05, 0.1) is 30.7 Å². The average molecular weight is 514 g/mol. The molecule has 6 rings (SSSR count). The number of amides is 1. The van der Waals surface area contributed by atoms with E-state index in [4.69, 9.17) is 23.4 Å². The molecule has 2 aliphatic heterocycles. The Morgan fingerprint density at radius 1 is 0.974 bits per heavy atom. The molecule has 2 aliphatic rings. The first-order valence-corrected chi connectivity index (χ1v) is 12.6. The molecule has 1 atom stereocenters. The third kappa shape index (κ3) is 4.02. The molecule has 1 unspecified atom stereocenters. The van der Waals surface area contributed by atoms with E-state index < -0.39 is 6.04 Å². The fourth-order valence-corrected chi connectivity index (χ4v) is 5.01. The van der Waals surface area contributed by atoms with Crippen LogP contribution >= 0.6 is 0 Å². The van der Waals surface area contributed by atoms with Gasteiger partial charge in [-0.05, 0) is 53.9 Å². The molecule has 0 N–H and O–H groups in total. The summed E-state index contributed by atoms with van der Waals surface area (Å²) in [6.07, 6.45) is 1.94. The maximum atomic E-state index is 13.8. The second kappa shape index (κ2) is 9.78. The maximum absolute atomic E-state index is 13.8. The Hall–Kier alpha value is -4.46. The van der Waals surface area contributed by atoms with Gasteiger partial charge in [0.15, 0.2) is 28.4 Å². The number of carbonyl (C=O) groups is 1. The molecule has 8 nitrogen and oxygen atoms in total. The van der Waals surface area contributed by atoms with Gasteiger partial charge in [0.2, 0.25) is 12.6 Å². The number of hydrogen-bond donors (Lipinski definition) is 0. The maximum Gasteiger partial charge on any atom is 0.291 e. The van der Waals surface area contributed by atoms with Crippen molar-refractivity contribution in [3.05, 3.63) is 93.3 Å². The van der Waals surface area contributed by atoms with Crippen molar-refractivity contribution < 1.29 is 28.2 Å². The van der Waals surface area contributed by atoms with Crippen molar-refractivity contribution in [2.45, 2.75) is 32.4 Å². The van der Waals surface area contributed by atoms with Crippen molar-refractivity contribution in [3.8, 4) is 23.0 Å². The first-order valence-electron chi connectivity index (χ1n) is 12.6. The summed E-state index contributed by atoms with van der Waals surface area (Å²) in [4.78, 5) is 29.2. The zero-order valence-corrected chi connectivity index (χ0v) is 21.2. The highest BCUT2D eigenvalue weighted by molar-refractivity contribution is 5.99. The van der Waals surface area contributed by atoms with E-state index in [0.29, 0.717) is 46.1 Å².